The van der Waals surface area contributed by atoms with Crippen molar-refractivity contribution in [2.24, 2.45) is 11.8 Å². The van der Waals surface area contributed by atoms with Gasteiger partial charge in [0, 0.05) is 30.6 Å². The van der Waals surface area contributed by atoms with E-state index in [1.54, 1.807) is 63.1 Å². The zero-order chi connectivity index (χ0) is 23.1. The Hall–Kier alpha value is -2.13. The molecule has 0 aliphatic heterocycles. The zero-order valence-corrected chi connectivity index (χ0v) is 20.0. The van der Waals surface area contributed by atoms with E-state index in [0.29, 0.717) is 12.1 Å². The third kappa shape index (κ3) is 7.50. The number of carbonyl (C=O) groups excluding carboxylic acids is 2. The van der Waals surface area contributed by atoms with Crippen LogP contribution in [0.3, 0.4) is 0 Å². The standard InChI is InChI=1S/C22H30N2O5S2/c1-5-29-21(26)19(12-18-13-30-15-24-18)20(25)11-17(10-16-6-8-23-9-7-16)14-31(27,28)22(2,3)4/h6-9,13,15,17,19H,5,10-12,14H2,1-4H3/t17-,19+/m0/s1. The number of nitrogens with zero attached hydrogens (tertiary/aromatic N) is 2. The minimum absolute atomic E-state index is 0.0365. The second kappa shape index (κ2) is 10.9. The van der Waals surface area contributed by atoms with Crippen molar-refractivity contribution in [3.05, 3.63) is 46.7 Å². The number of rotatable bonds is 11. The highest BCUT2D eigenvalue weighted by molar-refractivity contribution is 7.92. The van der Waals surface area contributed by atoms with E-state index in [4.69, 9.17) is 4.74 Å². The predicted molar refractivity (Wildman–Crippen MR) is 121 cm³/mol. The van der Waals surface area contributed by atoms with Crippen LogP contribution >= 0.6 is 11.3 Å². The van der Waals surface area contributed by atoms with Crippen LogP contribution in [0.2, 0.25) is 0 Å². The fourth-order valence-electron chi connectivity index (χ4n) is 3.15. The highest BCUT2D eigenvalue weighted by Gasteiger charge is 2.35. The van der Waals surface area contributed by atoms with Gasteiger partial charge in [0.1, 0.15) is 11.7 Å². The van der Waals surface area contributed by atoms with Gasteiger partial charge in [-0.15, -0.1) is 11.3 Å². The predicted octanol–water partition coefficient (Wildman–Crippen LogP) is 3.29. The zero-order valence-electron chi connectivity index (χ0n) is 18.4. The number of pyridine rings is 1. The van der Waals surface area contributed by atoms with Crippen LogP contribution in [0.4, 0.5) is 0 Å². The topological polar surface area (TPSA) is 103 Å². The molecule has 31 heavy (non-hydrogen) atoms. The maximum atomic E-state index is 13.2. The second-order valence-electron chi connectivity index (χ2n) is 8.48. The molecule has 0 aromatic carbocycles. The van der Waals surface area contributed by atoms with Crippen LogP contribution in [0.1, 0.15) is 45.4 Å². The van der Waals surface area contributed by atoms with Crippen molar-refractivity contribution in [1.29, 1.82) is 0 Å². The highest BCUT2D eigenvalue weighted by Crippen LogP contribution is 2.25. The van der Waals surface area contributed by atoms with Gasteiger partial charge in [0.25, 0.3) is 0 Å². The van der Waals surface area contributed by atoms with E-state index in [9.17, 15) is 18.0 Å². The number of ketones is 1. The van der Waals surface area contributed by atoms with Gasteiger partial charge in [-0.05, 0) is 57.7 Å². The van der Waals surface area contributed by atoms with Crippen molar-refractivity contribution in [2.75, 3.05) is 12.4 Å². The van der Waals surface area contributed by atoms with Gasteiger partial charge in [0.05, 0.1) is 28.3 Å². The molecule has 0 bridgehead atoms. The Morgan fingerprint density at radius 2 is 1.84 bits per heavy atom. The molecule has 170 valence electrons. The van der Waals surface area contributed by atoms with E-state index < -0.39 is 32.4 Å². The molecule has 0 saturated carbocycles. The average Bonchev–Trinajstić information content (AvgIpc) is 3.19. The molecule has 0 radical (unpaired) electrons. The number of hydrogen-bond acceptors (Lipinski definition) is 8. The molecule has 2 atom stereocenters. The van der Waals surface area contributed by atoms with Crippen LogP contribution in [-0.4, -0.2) is 47.2 Å². The van der Waals surface area contributed by atoms with Gasteiger partial charge in [-0.2, -0.15) is 0 Å². The molecule has 9 heteroatoms. The van der Waals surface area contributed by atoms with E-state index in [2.05, 4.69) is 9.97 Å². The molecule has 7 nitrogen and oxygen atoms in total. The maximum Gasteiger partial charge on any atom is 0.316 e. The van der Waals surface area contributed by atoms with Crippen molar-refractivity contribution in [1.82, 2.24) is 9.97 Å². The second-order valence-corrected chi connectivity index (χ2v) is 12.0. The van der Waals surface area contributed by atoms with Crippen LogP contribution in [0.5, 0.6) is 0 Å². The summed E-state index contributed by atoms with van der Waals surface area (Å²) in [7, 11) is -3.46. The lowest BCUT2D eigenvalue weighted by Gasteiger charge is -2.25. The number of thiazole rings is 1. The quantitative estimate of drug-likeness (QED) is 0.370. The summed E-state index contributed by atoms with van der Waals surface area (Å²) in [5.41, 5.74) is 3.18. The van der Waals surface area contributed by atoms with E-state index in [0.717, 1.165) is 5.56 Å². The Kier molecular flexibility index (Phi) is 8.88. The number of carbonyl (C=O) groups is 2. The smallest absolute Gasteiger partial charge is 0.316 e. The van der Waals surface area contributed by atoms with Gasteiger partial charge >= 0.3 is 5.97 Å². The van der Waals surface area contributed by atoms with Crippen LogP contribution in [0.25, 0.3) is 0 Å². The largest absolute Gasteiger partial charge is 0.465 e. The molecule has 0 aliphatic rings. The summed E-state index contributed by atoms with van der Waals surface area (Å²) < 4.78 is 29.9. The first-order valence-electron chi connectivity index (χ1n) is 10.2. The minimum Gasteiger partial charge on any atom is -0.465 e. The number of Topliss-reactive ketones (excluding diaryl/α,β-unsaturated/α-hetero) is 1. The van der Waals surface area contributed by atoms with Crippen LogP contribution in [0.15, 0.2) is 35.4 Å². The van der Waals surface area contributed by atoms with Gasteiger partial charge < -0.3 is 4.74 Å². The van der Waals surface area contributed by atoms with Crippen molar-refractivity contribution in [2.45, 2.75) is 51.7 Å². The van der Waals surface area contributed by atoms with E-state index in [1.165, 1.54) is 11.3 Å². The normalized spacial score (nSPS) is 14.1. The Labute approximate surface area is 188 Å². The third-order valence-corrected chi connectivity index (χ3v) is 8.42. The van der Waals surface area contributed by atoms with E-state index in [1.807, 2.05) is 0 Å². The van der Waals surface area contributed by atoms with Crippen molar-refractivity contribution >= 4 is 32.9 Å². The SMILES string of the molecule is CCOC(=O)[C@H](Cc1cscn1)C(=O)C[C@H](Cc1ccncc1)CS(=O)(=O)C(C)(C)C. The number of esters is 1. The Morgan fingerprint density at radius 3 is 2.39 bits per heavy atom. The molecule has 0 spiro atoms. The summed E-state index contributed by atoms with van der Waals surface area (Å²) in [4.78, 5) is 33.9. The molecule has 0 saturated heterocycles. The molecule has 0 fully saturated rings. The maximum absolute atomic E-state index is 13.2. The summed E-state index contributed by atoms with van der Waals surface area (Å²) in [6.07, 6.45) is 3.78. The molecule has 0 unspecified atom stereocenters. The Balaban J connectivity index is 2.26. The van der Waals surface area contributed by atoms with Gasteiger partial charge in [-0.3, -0.25) is 14.6 Å². The summed E-state index contributed by atoms with van der Waals surface area (Å²) in [5.74, 6) is -2.53. The first-order chi connectivity index (χ1) is 14.5. The summed E-state index contributed by atoms with van der Waals surface area (Å²) in [6.45, 7) is 6.80. The Morgan fingerprint density at radius 1 is 1.16 bits per heavy atom. The van der Waals surface area contributed by atoms with Crippen molar-refractivity contribution < 1.29 is 22.7 Å². The first-order valence-corrected chi connectivity index (χ1v) is 12.8. The summed E-state index contributed by atoms with van der Waals surface area (Å²) >= 11 is 1.38. The molecule has 2 heterocycles. The number of aromatic nitrogens is 2. The minimum atomic E-state index is -3.46. The summed E-state index contributed by atoms with van der Waals surface area (Å²) in [5, 5.41) is 1.79. The summed E-state index contributed by atoms with van der Waals surface area (Å²) in [6, 6.07) is 3.61. The lowest BCUT2D eigenvalue weighted by Crippen LogP contribution is -2.36. The van der Waals surface area contributed by atoms with Gasteiger partial charge in [0.2, 0.25) is 0 Å². The van der Waals surface area contributed by atoms with Crippen LogP contribution in [-0.2, 0) is 37.0 Å². The van der Waals surface area contributed by atoms with E-state index in [-0.39, 0.29) is 31.0 Å². The van der Waals surface area contributed by atoms with Crippen molar-refractivity contribution in [3.8, 4) is 0 Å². The van der Waals surface area contributed by atoms with Crippen LogP contribution in [0, 0.1) is 11.8 Å². The third-order valence-electron chi connectivity index (χ3n) is 5.01. The first kappa shape index (κ1) is 25.1. The average molecular weight is 467 g/mol. The van der Waals surface area contributed by atoms with Gasteiger partial charge in [0.15, 0.2) is 9.84 Å². The molecule has 2 rings (SSSR count). The molecule has 2 aromatic rings. The molecular weight excluding hydrogens is 436 g/mol. The highest BCUT2D eigenvalue weighted by atomic mass is 32.2. The number of ether oxygens (including phenoxy) is 1. The monoisotopic (exact) mass is 466 g/mol. The fraction of sp³-hybridized carbons (Fsp3) is 0.545. The molecule has 2 aromatic heterocycles. The molecule has 0 amide bonds. The number of hydrogen-bond donors (Lipinski definition) is 0. The fourth-order valence-corrected chi connectivity index (χ4v) is 5.08. The van der Waals surface area contributed by atoms with Crippen molar-refractivity contribution in [3.63, 3.8) is 0 Å². The van der Waals surface area contributed by atoms with Gasteiger partial charge in [-0.1, -0.05) is 0 Å². The lowest BCUT2D eigenvalue weighted by atomic mass is 9.89. The molecule has 0 aliphatic carbocycles. The van der Waals surface area contributed by atoms with Crippen LogP contribution < -0.4 is 0 Å². The van der Waals surface area contributed by atoms with Gasteiger partial charge in [-0.25, -0.2) is 13.4 Å². The Bertz CT molecular complexity index is 952. The lowest BCUT2D eigenvalue weighted by molar-refractivity contribution is -0.151. The molecular formula is C22H30N2O5S2. The van der Waals surface area contributed by atoms with E-state index >= 15 is 0 Å². The molecule has 0 N–H and O–H groups in total. The number of sulfone groups is 1.